The minimum absolute atomic E-state index is 0.152. The van der Waals surface area contributed by atoms with Crippen LogP contribution in [0.4, 0.5) is 5.95 Å². The maximum absolute atomic E-state index is 12.6. The molecule has 1 aromatic carbocycles. The molecule has 0 atom stereocenters. The number of carbonyl (C=O) groups excluding carboxylic acids is 1. The van der Waals surface area contributed by atoms with Gasteiger partial charge in [-0.1, -0.05) is 23.9 Å². The number of hydrogen-bond donors (Lipinski definition) is 0. The lowest BCUT2D eigenvalue weighted by Gasteiger charge is -2.27. The van der Waals surface area contributed by atoms with Crippen molar-refractivity contribution < 1.29 is 9.53 Å². The second-order valence-corrected chi connectivity index (χ2v) is 7.79. The Morgan fingerprint density at radius 1 is 1.15 bits per heavy atom. The van der Waals surface area contributed by atoms with E-state index in [1.165, 1.54) is 35.7 Å². The van der Waals surface area contributed by atoms with Crippen molar-refractivity contribution in [3.05, 3.63) is 34.9 Å². The summed E-state index contributed by atoms with van der Waals surface area (Å²) in [4.78, 5) is 14.8. The van der Waals surface area contributed by atoms with E-state index >= 15 is 0 Å². The number of rotatable bonds is 5. The molecule has 138 valence electrons. The van der Waals surface area contributed by atoms with Crippen LogP contribution >= 0.6 is 11.8 Å². The molecular weight excluding hydrogens is 348 g/mol. The normalized spacial score (nSPS) is 17.2. The van der Waals surface area contributed by atoms with Gasteiger partial charge in [-0.25, -0.2) is 0 Å². The summed E-state index contributed by atoms with van der Waals surface area (Å²) in [5, 5.41) is 9.34. The molecule has 2 aliphatic rings. The number of nitrogens with zero attached hydrogens (tertiary/aromatic N) is 4. The lowest BCUT2D eigenvalue weighted by molar-refractivity contribution is 0.102. The third-order valence-corrected chi connectivity index (χ3v) is 6.13. The molecule has 1 saturated heterocycles. The van der Waals surface area contributed by atoms with E-state index in [2.05, 4.69) is 27.2 Å². The highest BCUT2D eigenvalue weighted by Gasteiger charge is 2.19. The van der Waals surface area contributed by atoms with E-state index in [1.807, 2.05) is 17.7 Å². The number of Topliss-reactive ketones (excluding diaryl/α,β-unsaturated/α-hetero) is 1. The maximum atomic E-state index is 12.6. The lowest BCUT2D eigenvalue weighted by Crippen LogP contribution is -2.37. The van der Waals surface area contributed by atoms with Crippen LogP contribution in [0.1, 0.15) is 34.3 Å². The van der Waals surface area contributed by atoms with Gasteiger partial charge in [-0.3, -0.25) is 9.36 Å². The second-order valence-electron chi connectivity index (χ2n) is 6.84. The van der Waals surface area contributed by atoms with E-state index in [-0.39, 0.29) is 5.78 Å². The van der Waals surface area contributed by atoms with Crippen LogP contribution in [-0.4, -0.2) is 52.6 Å². The predicted octanol–water partition coefficient (Wildman–Crippen LogP) is 2.51. The number of ketones is 1. The van der Waals surface area contributed by atoms with Crippen LogP contribution in [0.5, 0.6) is 0 Å². The van der Waals surface area contributed by atoms with E-state index in [1.54, 1.807) is 0 Å². The molecule has 7 heteroatoms. The molecular formula is C19H24N4O2S. The number of aryl methyl sites for hydroxylation is 2. The van der Waals surface area contributed by atoms with Gasteiger partial charge in [0.2, 0.25) is 5.95 Å². The quantitative estimate of drug-likeness (QED) is 0.594. The van der Waals surface area contributed by atoms with Gasteiger partial charge in [0, 0.05) is 25.7 Å². The van der Waals surface area contributed by atoms with Crippen molar-refractivity contribution in [3.63, 3.8) is 0 Å². The molecule has 1 aliphatic carbocycles. The van der Waals surface area contributed by atoms with E-state index in [9.17, 15) is 4.79 Å². The summed E-state index contributed by atoms with van der Waals surface area (Å²) in [6.07, 6.45) is 4.72. The zero-order chi connectivity index (χ0) is 17.9. The lowest BCUT2D eigenvalue weighted by atomic mass is 9.90. The maximum Gasteiger partial charge on any atom is 0.227 e. The Kier molecular flexibility index (Phi) is 5.26. The molecule has 4 rings (SSSR count). The molecule has 0 radical (unpaired) electrons. The first kappa shape index (κ1) is 17.5. The fourth-order valence-electron chi connectivity index (χ4n) is 3.59. The van der Waals surface area contributed by atoms with Gasteiger partial charge in [0.15, 0.2) is 10.9 Å². The van der Waals surface area contributed by atoms with E-state index in [0.717, 1.165) is 42.6 Å². The Labute approximate surface area is 157 Å². The Balaban J connectivity index is 1.41. The molecule has 0 amide bonds. The number of ether oxygens (including phenoxy) is 1. The van der Waals surface area contributed by atoms with Crippen molar-refractivity contribution in [1.29, 1.82) is 0 Å². The predicted molar refractivity (Wildman–Crippen MR) is 102 cm³/mol. The van der Waals surface area contributed by atoms with E-state index < -0.39 is 0 Å². The van der Waals surface area contributed by atoms with Crippen LogP contribution in [0, 0.1) is 0 Å². The average Bonchev–Trinajstić information content (AvgIpc) is 3.07. The summed E-state index contributed by atoms with van der Waals surface area (Å²) in [5.74, 6) is 1.38. The standard InChI is InChI=1S/C19H24N4O2S/c1-22-18(23-8-10-25-11-9-23)20-21-19(22)26-13-17(24)16-7-6-14-4-2-3-5-15(14)12-16/h6-7,12H,2-5,8-11,13H2,1H3. The Morgan fingerprint density at radius 3 is 2.73 bits per heavy atom. The van der Waals surface area contributed by atoms with Crippen LogP contribution in [0.2, 0.25) is 0 Å². The van der Waals surface area contributed by atoms with Gasteiger partial charge < -0.3 is 9.64 Å². The fourth-order valence-corrected chi connectivity index (χ4v) is 4.39. The fraction of sp³-hybridized carbons (Fsp3) is 0.526. The zero-order valence-corrected chi connectivity index (χ0v) is 15.9. The van der Waals surface area contributed by atoms with Crippen molar-refractivity contribution >= 4 is 23.5 Å². The number of benzene rings is 1. The van der Waals surface area contributed by atoms with Crippen LogP contribution in [-0.2, 0) is 24.6 Å². The number of morpholine rings is 1. The molecule has 0 saturated carbocycles. The Hall–Kier alpha value is -1.86. The van der Waals surface area contributed by atoms with Crippen LogP contribution in [0.15, 0.2) is 23.4 Å². The monoisotopic (exact) mass is 372 g/mol. The zero-order valence-electron chi connectivity index (χ0n) is 15.1. The Morgan fingerprint density at radius 2 is 1.92 bits per heavy atom. The SMILES string of the molecule is Cn1c(SCC(=O)c2ccc3c(c2)CCCC3)nnc1N1CCOCC1. The van der Waals surface area contributed by atoms with Gasteiger partial charge >= 0.3 is 0 Å². The third-order valence-electron chi connectivity index (χ3n) is 5.11. The van der Waals surface area contributed by atoms with Gasteiger partial charge in [0.25, 0.3) is 0 Å². The number of carbonyl (C=O) groups is 1. The molecule has 2 aromatic rings. The summed E-state index contributed by atoms with van der Waals surface area (Å²) < 4.78 is 7.35. The third kappa shape index (κ3) is 3.64. The van der Waals surface area contributed by atoms with Gasteiger partial charge in [0.1, 0.15) is 0 Å². The van der Waals surface area contributed by atoms with Crippen molar-refractivity contribution in [3.8, 4) is 0 Å². The number of thioether (sulfide) groups is 1. The summed E-state index contributed by atoms with van der Waals surface area (Å²) in [6, 6.07) is 6.20. The molecule has 6 nitrogen and oxygen atoms in total. The Bertz CT molecular complexity index is 799. The van der Waals surface area contributed by atoms with Gasteiger partial charge in [-0.05, 0) is 42.9 Å². The van der Waals surface area contributed by atoms with Gasteiger partial charge in [-0.2, -0.15) is 0 Å². The van der Waals surface area contributed by atoms with Crippen LogP contribution in [0.25, 0.3) is 0 Å². The minimum Gasteiger partial charge on any atom is -0.378 e. The molecule has 2 heterocycles. The number of anilines is 1. The van der Waals surface area contributed by atoms with Crippen molar-refractivity contribution in [2.45, 2.75) is 30.8 Å². The van der Waals surface area contributed by atoms with Gasteiger partial charge in [-0.15, -0.1) is 10.2 Å². The number of fused-ring (bicyclic) bond motifs is 1. The molecule has 1 aromatic heterocycles. The first-order chi connectivity index (χ1) is 12.7. The molecule has 0 N–H and O–H groups in total. The average molecular weight is 372 g/mol. The molecule has 1 aliphatic heterocycles. The summed E-state index contributed by atoms with van der Waals surface area (Å²) >= 11 is 1.45. The molecule has 26 heavy (non-hydrogen) atoms. The molecule has 0 spiro atoms. The second kappa shape index (κ2) is 7.80. The summed E-state index contributed by atoms with van der Waals surface area (Å²) in [6.45, 7) is 3.08. The van der Waals surface area contributed by atoms with E-state index in [4.69, 9.17) is 4.74 Å². The van der Waals surface area contributed by atoms with Crippen LogP contribution in [0.3, 0.4) is 0 Å². The van der Waals surface area contributed by atoms with Gasteiger partial charge in [0.05, 0.1) is 19.0 Å². The smallest absolute Gasteiger partial charge is 0.227 e. The molecule has 1 fully saturated rings. The topological polar surface area (TPSA) is 60.2 Å². The van der Waals surface area contributed by atoms with Crippen molar-refractivity contribution in [2.24, 2.45) is 7.05 Å². The highest BCUT2D eigenvalue weighted by atomic mass is 32.2. The first-order valence-corrected chi connectivity index (χ1v) is 10.2. The van der Waals surface area contributed by atoms with Crippen LogP contribution < -0.4 is 4.90 Å². The largest absolute Gasteiger partial charge is 0.378 e. The molecule has 0 bridgehead atoms. The highest BCUT2D eigenvalue weighted by molar-refractivity contribution is 7.99. The number of hydrogen-bond acceptors (Lipinski definition) is 6. The van der Waals surface area contributed by atoms with Crippen molar-refractivity contribution in [1.82, 2.24) is 14.8 Å². The summed E-state index contributed by atoms with van der Waals surface area (Å²) in [5.41, 5.74) is 3.57. The first-order valence-electron chi connectivity index (χ1n) is 9.22. The minimum atomic E-state index is 0.152. The summed E-state index contributed by atoms with van der Waals surface area (Å²) in [7, 11) is 1.95. The highest BCUT2D eigenvalue weighted by Crippen LogP contribution is 2.25. The van der Waals surface area contributed by atoms with E-state index in [0.29, 0.717) is 19.0 Å². The van der Waals surface area contributed by atoms with Crippen molar-refractivity contribution in [2.75, 3.05) is 37.0 Å². The number of aromatic nitrogens is 3. The molecule has 0 unspecified atom stereocenters.